The van der Waals surface area contributed by atoms with Gasteiger partial charge >= 0.3 is 0 Å². The van der Waals surface area contributed by atoms with Crippen molar-refractivity contribution in [2.45, 2.75) is 19.0 Å². The molecule has 28 heavy (non-hydrogen) atoms. The number of anilines is 1. The van der Waals surface area contributed by atoms with E-state index in [1.165, 1.54) is 4.90 Å². The quantitative estimate of drug-likeness (QED) is 0.640. The summed E-state index contributed by atoms with van der Waals surface area (Å²) in [6.07, 6.45) is 0.193. The lowest BCUT2D eigenvalue weighted by molar-refractivity contribution is -0.122. The minimum Gasteiger partial charge on any atom is -0.497 e. The number of ether oxygens (including phenoxy) is 1. The van der Waals surface area contributed by atoms with Crippen LogP contribution in [0.1, 0.15) is 12.0 Å². The Morgan fingerprint density at radius 2 is 1.71 bits per heavy atom. The highest BCUT2D eigenvalue weighted by molar-refractivity contribution is 6.22. The van der Waals surface area contributed by atoms with Crippen LogP contribution >= 0.6 is 0 Å². The Kier molecular flexibility index (Phi) is 4.84. The summed E-state index contributed by atoms with van der Waals surface area (Å²) in [6, 6.07) is 20.9. The second-order valence-corrected chi connectivity index (χ2v) is 7.08. The van der Waals surface area contributed by atoms with Crippen molar-refractivity contribution < 1.29 is 14.3 Å². The largest absolute Gasteiger partial charge is 0.497 e. The lowest BCUT2D eigenvalue weighted by Gasteiger charge is -2.23. The molecule has 0 aliphatic carbocycles. The van der Waals surface area contributed by atoms with Crippen molar-refractivity contribution in [2.75, 3.05) is 19.1 Å². The fourth-order valence-electron chi connectivity index (χ4n) is 3.68. The number of amides is 2. The van der Waals surface area contributed by atoms with Crippen molar-refractivity contribution >= 4 is 28.3 Å². The van der Waals surface area contributed by atoms with Gasteiger partial charge in [-0.15, -0.1) is 0 Å². The summed E-state index contributed by atoms with van der Waals surface area (Å²) in [5, 5.41) is 2.09. The van der Waals surface area contributed by atoms with Crippen LogP contribution in [0, 0.1) is 0 Å². The molecule has 0 spiro atoms. The number of nitrogens with zero attached hydrogens (tertiary/aromatic N) is 2. The Labute approximate surface area is 164 Å². The number of carbonyl (C=O) groups is 2. The third kappa shape index (κ3) is 3.37. The fraction of sp³-hybridized carbons (Fsp3) is 0.217. The van der Waals surface area contributed by atoms with Crippen molar-refractivity contribution in [3.8, 4) is 5.75 Å². The predicted molar refractivity (Wildman–Crippen MR) is 109 cm³/mol. The fourth-order valence-corrected chi connectivity index (χ4v) is 3.68. The number of imide groups is 1. The van der Waals surface area contributed by atoms with Crippen molar-refractivity contribution in [2.24, 2.45) is 0 Å². The molecule has 0 aromatic heterocycles. The van der Waals surface area contributed by atoms with Crippen LogP contribution in [0.25, 0.3) is 10.8 Å². The highest BCUT2D eigenvalue weighted by atomic mass is 16.5. The van der Waals surface area contributed by atoms with Gasteiger partial charge in [0.05, 0.1) is 25.3 Å². The van der Waals surface area contributed by atoms with Gasteiger partial charge in [0.1, 0.15) is 5.75 Å². The van der Waals surface area contributed by atoms with E-state index in [2.05, 4.69) is 0 Å². The molecule has 1 fully saturated rings. The van der Waals surface area contributed by atoms with Gasteiger partial charge in [0, 0.05) is 6.54 Å². The van der Waals surface area contributed by atoms with E-state index in [9.17, 15) is 9.59 Å². The van der Waals surface area contributed by atoms with Gasteiger partial charge in [-0.2, -0.15) is 0 Å². The molecule has 3 aromatic rings. The maximum atomic E-state index is 13.0. The van der Waals surface area contributed by atoms with E-state index in [1.807, 2.05) is 78.7 Å². The topological polar surface area (TPSA) is 49.9 Å². The zero-order chi connectivity index (χ0) is 19.7. The van der Waals surface area contributed by atoms with Crippen LogP contribution in [0.15, 0.2) is 66.7 Å². The highest BCUT2D eigenvalue weighted by Gasteiger charge is 2.41. The zero-order valence-corrected chi connectivity index (χ0v) is 16.0. The second-order valence-electron chi connectivity index (χ2n) is 7.08. The van der Waals surface area contributed by atoms with Gasteiger partial charge in [0.2, 0.25) is 5.91 Å². The van der Waals surface area contributed by atoms with Gasteiger partial charge < -0.3 is 4.74 Å². The van der Waals surface area contributed by atoms with Gasteiger partial charge in [-0.05, 0) is 47.6 Å². The molecule has 0 N–H and O–H groups in total. The van der Waals surface area contributed by atoms with Crippen molar-refractivity contribution in [3.05, 3.63) is 72.3 Å². The van der Waals surface area contributed by atoms with Crippen LogP contribution in [0.3, 0.4) is 0 Å². The van der Waals surface area contributed by atoms with Crippen LogP contribution in [-0.4, -0.2) is 36.9 Å². The second kappa shape index (κ2) is 7.44. The van der Waals surface area contributed by atoms with Crippen LogP contribution in [0.5, 0.6) is 5.75 Å². The van der Waals surface area contributed by atoms with E-state index in [4.69, 9.17) is 4.74 Å². The number of likely N-dealkylation sites (N-methyl/N-ethyl adjacent to an activating group) is 1. The molecule has 0 radical (unpaired) electrons. The van der Waals surface area contributed by atoms with E-state index < -0.39 is 6.04 Å². The van der Waals surface area contributed by atoms with Crippen LogP contribution < -0.4 is 9.64 Å². The molecule has 0 unspecified atom stereocenters. The van der Waals surface area contributed by atoms with Crippen molar-refractivity contribution in [1.29, 1.82) is 0 Å². The molecule has 1 aliphatic rings. The minimum atomic E-state index is -0.457. The van der Waals surface area contributed by atoms with Crippen molar-refractivity contribution in [1.82, 2.24) is 4.90 Å². The number of carbonyl (C=O) groups excluding carboxylic acids is 2. The summed E-state index contributed by atoms with van der Waals surface area (Å²) >= 11 is 0. The molecule has 1 heterocycles. The summed E-state index contributed by atoms with van der Waals surface area (Å²) in [6.45, 7) is 0.583. The Balaban J connectivity index is 1.53. The Bertz CT molecular complexity index is 1030. The normalized spacial score (nSPS) is 17.0. The summed E-state index contributed by atoms with van der Waals surface area (Å²) in [7, 11) is 3.51. The Morgan fingerprint density at radius 1 is 1.00 bits per heavy atom. The lowest BCUT2D eigenvalue weighted by atomic mass is 10.1. The zero-order valence-electron chi connectivity index (χ0n) is 16.0. The third-order valence-corrected chi connectivity index (χ3v) is 5.24. The van der Waals surface area contributed by atoms with Gasteiger partial charge in [0.15, 0.2) is 0 Å². The molecule has 1 saturated heterocycles. The summed E-state index contributed by atoms with van der Waals surface area (Å²) in [5.41, 5.74) is 1.70. The number of rotatable bonds is 5. The smallest absolute Gasteiger partial charge is 0.251 e. The van der Waals surface area contributed by atoms with Gasteiger partial charge in [-0.3, -0.25) is 14.5 Å². The predicted octanol–water partition coefficient (Wildman–Crippen LogP) is 3.61. The Morgan fingerprint density at radius 3 is 2.43 bits per heavy atom. The molecule has 3 aromatic carbocycles. The molecular weight excluding hydrogens is 352 g/mol. The third-order valence-electron chi connectivity index (χ3n) is 5.24. The average molecular weight is 374 g/mol. The van der Waals surface area contributed by atoms with E-state index in [0.29, 0.717) is 12.2 Å². The maximum Gasteiger partial charge on any atom is 0.251 e. The molecule has 5 heteroatoms. The number of hydrogen-bond donors (Lipinski definition) is 0. The SMILES string of the molecule is COc1ccc(CN(C)[C@H]2CC(=O)N(c3ccc4ccccc4c3)C2=O)cc1. The van der Waals surface area contributed by atoms with Gasteiger partial charge in [0.25, 0.3) is 5.91 Å². The van der Waals surface area contributed by atoms with Crippen molar-refractivity contribution in [3.63, 3.8) is 0 Å². The van der Waals surface area contributed by atoms with E-state index in [-0.39, 0.29) is 18.2 Å². The first kappa shape index (κ1) is 18.2. The minimum absolute atomic E-state index is 0.160. The first-order valence-electron chi connectivity index (χ1n) is 9.25. The molecule has 0 bridgehead atoms. The van der Waals surface area contributed by atoms with Gasteiger partial charge in [-0.1, -0.05) is 42.5 Å². The molecule has 5 nitrogen and oxygen atoms in total. The number of benzene rings is 3. The van der Waals surface area contributed by atoms with E-state index in [0.717, 1.165) is 22.1 Å². The maximum absolute atomic E-state index is 13.0. The van der Waals surface area contributed by atoms with Crippen LogP contribution in [0.4, 0.5) is 5.69 Å². The molecule has 4 rings (SSSR count). The first-order valence-corrected chi connectivity index (χ1v) is 9.25. The summed E-state index contributed by atoms with van der Waals surface area (Å²) < 4.78 is 5.18. The van der Waals surface area contributed by atoms with Crippen LogP contribution in [-0.2, 0) is 16.1 Å². The van der Waals surface area contributed by atoms with Crippen LogP contribution in [0.2, 0.25) is 0 Å². The average Bonchev–Trinajstić information content (AvgIpc) is 3.02. The molecule has 2 amide bonds. The monoisotopic (exact) mass is 374 g/mol. The molecule has 142 valence electrons. The lowest BCUT2D eigenvalue weighted by Crippen LogP contribution is -2.39. The van der Waals surface area contributed by atoms with E-state index >= 15 is 0 Å². The standard InChI is InChI=1S/C23H22N2O3/c1-24(15-16-7-11-20(28-2)12-8-16)21-14-22(26)25(23(21)27)19-10-9-17-5-3-4-6-18(17)13-19/h3-13,21H,14-15H2,1-2H3/t21-/m0/s1. The van der Waals surface area contributed by atoms with Gasteiger partial charge in [-0.25, -0.2) is 4.90 Å². The summed E-state index contributed by atoms with van der Waals surface area (Å²) in [5.74, 6) is 0.462. The molecule has 1 aliphatic heterocycles. The number of methoxy groups -OCH3 is 1. The highest BCUT2D eigenvalue weighted by Crippen LogP contribution is 2.29. The molecule has 0 saturated carbocycles. The number of hydrogen-bond acceptors (Lipinski definition) is 4. The first-order chi connectivity index (χ1) is 13.6. The number of fused-ring (bicyclic) bond motifs is 1. The molecule has 1 atom stereocenters. The Hall–Kier alpha value is -3.18. The molecular formula is C23H22N2O3. The van der Waals surface area contributed by atoms with E-state index in [1.54, 1.807) is 7.11 Å². The summed E-state index contributed by atoms with van der Waals surface area (Å²) in [4.78, 5) is 28.9.